The first kappa shape index (κ1) is 25.2. The molecule has 7 nitrogen and oxygen atoms in total. The Morgan fingerprint density at radius 3 is 2.63 bits per heavy atom. The maximum Gasteiger partial charge on any atom is 0.311 e. The second-order valence-electron chi connectivity index (χ2n) is 10.7. The number of unbranched alkanes of at least 4 members (excludes halogenated alkanes) is 1. The van der Waals surface area contributed by atoms with Crippen LogP contribution in [0.5, 0.6) is 0 Å². The normalized spacial score (nSPS) is 32.5. The first-order valence-electron chi connectivity index (χ1n) is 13.3. The van der Waals surface area contributed by atoms with Gasteiger partial charge >= 0.3 is 5.97 Å². The third kappa shape index (κ3) is 3.80. The summed E-state index contributed by atoms with van der Waals surface area (Å²) in [5, 5.41) is 11.5. The Hall–Kier alpha value is -3.10. The fourth-order valence-electron chi connectivity index (χ4n) is 6.70. The van der Waals surface area contributed by atoms with Crippen molar-refractivity contribution in [2.24, 2.45) is 11.8 Å². The fourth-order valence-corrected chi connectivity index (χ4v) is 8.85. The van der Waals surface area contributed by atoms with Gasteiger partial charge in [-0.05, 0) is 49.1 Å². The predicted molar refractivity (Wildman–Crippen MR) is 148 cm³/mol. The summed E-state index contributed by atoms with van der Waals surface area (Å²) in [5.74, 6) is -2.09. The van der Waals surface area contributed by atoms with E-state index in [2.05, 4.69) is 0 Å². The molecule has 4 aliphatic heterocycles. The standard InChI is InChI=1S/C30H32N2O5S/c1-29-13-4-7-18-37-28(36)24(29)23-26(34)32(15-5-6-17-33)25-27(35)31(16-8-14-30(23,25)38-29)22-12-11-20-9-2-3-10-21(20)19-22/h2-4,8-14,19,23-25,33H,5-7,15-18H2,1H3/t23-,24+,25?,29-,30-/m0/s1. The lowest BCUT2D eigenvalue weighted by atomic mass is 9.74. The molecule has 8 heteroatoms. The van der Waals surface area contributed by atoms with E-state index in [1.54, 1.807) is 21.6 Å². The zero-order valence-electron chi connectivity index (χ0n) is 21.4. The molecule has 0 aromatic heterocycles. The second-order valence-corrected chi connectivity index (χ2v) is 12.5. The zero-order chi connectivity index (χ0) is 26.5. The molecule has 1 unspecified atom stereocenters. The highest BCUT2D eigenvalue weighted by atomic mass is 32.2. The Balaban J connectivity index is 1.46. The van der Waals surface area contributed by atoms with Crippen molar-refractivity contribution in [3.8, 4) is 0 Å². The van der Waals surface area contributed by atoms with Gasteiger partial charge in [-0.2, -0.15) is 0 Å². The van der Waals surface area contributed by atoms with Gasteiger partial charge in [0, 0.05) is 30.1 Å². The summed E-state index contributed by atoms with van der Waals surface area (Å²) in [7, 11) is 0. The van der Waals surface area contributed by atoms with E-state index in [9.17, 15) is 19.5 Å². The minimum atomic E-state index is -0.897. The molecule has 1 spiro atoms. The van der Waals surface area contributed by atoms with Crippen molar-refractivity contribution in [1.29, 1.82) is 0 Å². The summed E-state index contributed by atoms with van der Waals surface area (Å²) in [4.78, 5) is 45.5. The van der Waals surface area contributed by atoms with Gasteiger partial charge in [-0.3, -0.25) is 14.4 Å². The number of fused-ring (bicyclic) bond motifs is 3. The van der Waals surface area contributed by atoms with E-state index < -0.39 is 27.4 Å². The predicted octanol–water partition coefficient (Wildman–Crippen LogP) is 3.71. The Morgan fingerprint density at radius 2 is 1.82 bits per heavy atom. The first-order valence-corrected chi connectivity index (χ1v) is 14.1. The molecule has 2 fully saturated rings. The van der Waals surface area contributed by atoms with Gasteiger partial charge in [-0.25, -0.2) is 0 Å². The molecule has 1 N–H and O–H groups in total. The van der Waals surface area contributed by atoms with Crippen molar-refractivity contribution in [2.45, 2.75) is 41.7 Å². The van der Waals surface area contributed by atoms with E-state index in [0.717, 1.165) is 16.5 Å². The molecule has 6 rings (SSSR count). The number of rotatable bonds is 5. The number of amides is 2. The van der Waals surface area contributed by atoms with E-state index >= 15 is 0 Å². The van der Waals surface area contributed by atoms with Gasteiger partial charge in [-0.1, -0.05) is 54.6 Å². The summed E-state index contributed by atoms with van der Waals surface area (Å²) in [6.45, 7) is 3.02. The van der Waals surface area contributed by atoms with Gasteiger partial charge in [0.15, 0.2) is 0 Å². The fraction of sp³-hybridized carbons (Fsp3) is 0.433. The monoisotopic (exact) mass is 532 g/mol. The van der Waals surface area contributed by atoms with E-state index in [-0.39, 0.29) is 31.0 Å². The molecular formula is C30H32N2O5S. The molecule has 0 saturated carbocycles. The number of hydrogen-bond acceptors (Lipinski definition) is 6. The van der Waals surface area contributed by atoms with Gasteiger partial charge < -0.3 is 19.6 Å². The highest BCUT2D eigenvalue weighted by molar-refractivity contribution is 8.02. The summed E-state index contributed by atoms with van der Waals surface area (Å²) < 4.78 is 4.02. The van der Waals surface area contributed by atoms with Crippen LogP contribution in [0.25, 0.3) is 10.8 Å². The van der Waals surface area contributed by atoms with Crippen LogP contribution >= 0.6 is 11.8 Å². The molecule has 0 aliphatic carbocycles. The van der Waals surface area contributed by atoms with Crippen molar-refractivity contribution in [1.82, 2.24) is 4.90 Å². The number of aliphatic hydroxyl groups is 1. The van der Waals surface area contributed by atoms with Gasteiger partial charge in [0.2, 0.25) is 5.91 Å². The van der Waals surface area contributed by atoms with Gasteiger partial charge in [-0.15, -0.1) is 11.8 Å². The van der Waals surface area contributed by atoms with Crippen LogP contribution in [0, 0.1) is 11.8 Å². The van der Waals surface area contributed by atoms with E-state index in [0.29, 0.717) is 32.4 Å². The molecule has 198 valence electrons. The van der Waals surface area contributed by atoms with Crippen LogP contribution in [0.4, 0.5) is 5.69 Å². The third-order valence-corrected chi connectivity index (χ3v) is 10.2. The number of ether oxygens (including phenoxy) is 1. The molecule has 2 aromatic rings. The minimum absolute atomic E-state index is 0.0187. The smallest absolute Gasteiger partial charge is 0.311 e. The molecule has 4 aliphatic rings. The topological polar surface area (TPSA) is 87.1 Å². The van der Waals surface area contributed by atoms with Gasteiger partial charge in [0.25, 0.3) is 5.91 Å². The Kier molecular flexibility index (Phi) is 6.35. The number of nitrogens with zero attached hydrogens (tertiary/aromatic N) is 2. The number of cyclic esters (lactones) is 1. The van der Waals surface area contributed by atoms with Crippen molar-refractivity contribution in [3.05, 3.63) is 66.8 Å². The lowest BCUT2D eigenvalue weighted by Gasteiger charge is -2.37. The van der Waals surface area contributed by atoms with E-state index in [1.165, 1.54) is 0 Å². The van der Waals surface area contributed by atoms with Crippen LogP contribution in [-0.4, -0.2) is 69.6 Å². The van der Waals surface area contributed by atoms with Gasteiger partial charge in [0.1, 0.15) is 6.04 Å². The maximum absolute atomic E-state index is 14.5. The lowest BCUT2D eigenvalue weighted by Crippen LogP contribution is -2.53. The molecule has 2 aromatic carbocycles. The molecule has 38 heavy (non-hydrogen) atoms. The summed E-state index contributed by atoms with van der Waals surface area (Å²) in [6.07, 6.45) is 9.80. The first-order chi connectivity index (χ1) is 18.4. The maximum atomic E-state index is 14.5. The minimum Gasteiger partial charge on any atom is -0.465 e. The number of hydrogen-bond donors (Lipinski definition) is 1. The van der Waals surface area contributed by atoms with Crippen molar-refractivity contribution < 1.29 is 24.2 Å². The van der Waals surface area contributed by atoms with Crippen molar-refractivity contribution >= 4 is 46.0 Å². The number of likely N-dealkylation sites (tertiary alicyclic amines) is 1. The number of carbonyl (C=O) groups excluding carboxylic acids is 3. The van der Waals surface area contributed by atoms with Crippen LogP contribution in [-0.2, 0) is 19.1 Å². The summed E-state index contributed by atoms with van der Waals surface area (Å²) in [5.41, 5.74) is 0.779. The number of esters is 1. The molecule has 2 amide bonds. The molecule has 0 radical (unpaired) electrons. The average Bonchev–Trinajstić information content (AvgIpc) is 3.22. The summed E-state index contributed by atoms with van der Waals surface area (Å²) in [6, 6.07) is 13.2. The highest BCUT2D eigenvalue weighted by Gasteiger charge is 2.73. The van der Waals surface area contributed by atoms with Crippen LogP contribution in [0.1, 0.15) is 26.2 Å². The largest absolute Gasteiger partial charge is 0.465 e. The lowest BCUT2D eigenvalue weighted by molar-refractivity contribution is -0.154. The van der Waals surface area contributed by atoms with Crippen LogP contribution < -0.4 is 4.90 Å². The van der Waals surface area contributed by atoms with E-state index in [4.69, 9.17) is 4.74 Å². The number of carbonyl (C=O) groups is 3. The van der Waals surface area contributed by atoms with Crippen LogP contribution in [0.15, 0.2) is 66.8 Å². The third-order valence-electron chi connectivity index (χ3n) is 8.37. The Morgan fingerprint density at radius 1 is 1.00 bits per heavy atom. The number of anilines is 1. The van der Waals surface area contributed by atoms with Gasteiger partial charge in [0.05, 0.1) is 23.2 Å². The second kappa shape index (κ2) is 9.58. The zero-order valence-corrected chi connectivity index (χ0v) is 22.2. The molecular weight excluding hydrogens is 500 g/mol. The Labute approximate surface area is 226 Å². The van der Waals surface area contributed by atoms with E-state index in [1.807, 2.05) is 73.7 Å². The SMILES string of the molecule is C[C@]12C=CCCOC(=O)[C@H]1[C@H]1C(=O)N(CCCCO)C3C(=O)N(c4ccc5ccccc5c4)CC=C[C@@]31S2. The molecule has 2 saturated heterocycles. The highest BCUT2D eigenvalue weighted by Crippen LogP contribution is 2.65. The molecule has 4 heterocycles. The summed E-state index contributed by atoms with van der Waals surface area (Å²) >= 11 is 1.55. The molecule has 0 bridgehead atoms. The van der Waals surface area contributed by atoms with Crippen LogP contribution in [0.3, 0.4) is 0 Å². The number of thioether (sulfide) groups is 1. The van der Waals surface area contributed by atoms with Crippen molar-refractivity contribution in [3.63, 3.8) is 0 Å². The average molecular weight is 533 g/mol. The number of benzene rings is 2. The molecule has 5 atom stereocenters. The Bertz CT molecular complexity index is 1360. The van der Waals surface area contributed by atoms with Crippen molar-refractivity contribution in [2.75, 3.05) is 31.2 Å². The number of aliphatic hydroxyl groups excluding tert-OH is 1. The van der Waals surface area contributed by atoms with Crippen LogP contribution in [0.2, 0.25) is 0 Å². The quantitative estimate of drug-likeness (QED) is 0.359.